The highest BCUT2D eigenvalue weighted by Crippen LogP contribution is 2.32. The summed E-state index contributed by atoms with van der Waals surface area (Å²) in [5.74, 6) is 0.791. The number of amides is 3. The van der Waals surface area contributed by atoms with E-state index in [0.717, 1.165) is 5.56 Å². The van der Waals surface area contributed by atoms with Gasteiger partial charge in [-0.05, 0) is 42.0 Å². The quantitative estimate of drug-likeness (QED) is 0.488. The van der Waals surface area contributed by atoms with E-state index in [1.165, 1.54) is 20.3 Å². The summed E-state index contributed by atoms with van der Waals surface area (Å²) >= 11 is 0. The minimum Gasteiger partial charge on any atom is -0.493 e. The zero-order valence-corrected chi connectivity index (χ0v) is 22.3. The first-order chi connectivity index (χ1) is 19.4. The Labute approximate surface area is 231 Å². The zero-order chi connectivity index (χ0) is 28.1. The molecule has 12 nitrogen and oxygen atoms in total. The molecule has 2 aromatic carbocycles. The molecule has 12 heteroatoms. The van der Waals surface area contributed by atoms with Gasteiger partial charge in [-0.15, -0.1) is 0 Å². The van der Waals surface area contributed by atoms with Crippen LogP contribution in [0.1, 0.15) is 22.3 Å². The van der Waals surface area contributed by atoms with Gasteiger partial charge in [-0.25, -0.2) is 0 Å². The lowest BCUT2D eigenvalue weighted by atomic mass is 10.1. The van der Waals surface area contributed by atoms with Crippen LogP contribution in [0.5, 0.6) is 23.0 Å². The number of fused-ring (bicyclic) bond motifs is 7. The van der Waals surface area contributed by atoms with Crippen LogP contribution in [0, 0.1) is 0 Å². The Balaban J connectivity index is 1.42. The van der Waals surface area contributed by atoms with E-state index in [4.69, 9.17) is 18.9 Å². The second-order valence-corrected chi connectivity index (χ2v) is 9.47. The third kappa shape index (κ3) is 6.11. The Hall–Kier alpha value is -4.74. The van der Waals surface area contributed by atoms with Crippen molar-refractivity contribution < 1.29 is 33.3 Å². The third-order valence-corrected chi connectivity index (χ3v) is 6.83. The van der Waals surface area contributed by atoms with Crippen LogP contribution in [0.15, 0.2) is 54.9 Å². The molecular weight excluding hydrogens is 518 g/mol. The lowest BCUT2D eigenvalue weighted by Crippen LogP contribution is -2.45. The molecule has 3 aromatic rings. The summed E-state index contributed by atoms with van der Waals surface area (Å²) < 4.78 is 24.6. The molecule has 2 N–H and O–H groups in total. The summed E-state index contributed by atoms with van der Waals surface area (Å²) in [6, 6.07) is 11.4. The van der Waals surface area contributed by atoms with Gasteiger partial charge in [0.2, 0.25) is 5.91 Å². The Bertz CT molecular complexity index is 1380. The lowest BCUT2D eigenvalue weighted by molar-refractivity contribution is -0.130. The lowest BCUT2D eigenvalue weighted by Gasteiger charge is -2.22. The van der Waals surface area contributed by atoms with Crippen molar-refractivity contribution in [1.82, 2.24) is 25.3 Å². The molecule has 40 heavy (non-hydrogen) atoms. The van der Waals surface area contributed by atoms with Gasteiger partial charge in [0.1, 0.15) is 6.10 Å². The number of aryl methyl sites for hydroxylation is 1. The van der Waals surface area contributed by atoms with E-state index in [-0.39, 0.29) is 56.1 Å². The summed E-state index contributed by atoms with van der Waals surface area (Å²) in [6.45, 7) is 0.986. The van der Waals surface area contributed by atoms with Crippen molar-refractivity contribution in [3.63, 3.8) is 0 Å². The number of rotatable bonds is 5. The molecule has 3 amide bonds. The minimum atomic E-state index is -0.540. The number of likely N-dealkylation sites (tertiary alicyclic amines) is 1. The predicted octanol–water partition coefficient (Wildman–Crippen LogP) is 1.39. The van der Waals surface area contributed by atoms with Crippen molar-refractivity contribution in [3.05, 3.63) is 66.0 Å². The van der Waals surface area contributed by atoms with E-state index in [1.807, 2.05) is 6.07 Å². The molecule has 3 aliphatic rings. The highest BCUT2D eigenvalue weighted by Gasteiger charge is 2.38. The molecule has 2 atom stereocenters. The SMILES string of the molecule is COc1ccc2cc1OCC(=O)NCc1ccc(c(OC)c1)O[C@H]1CN(C(=O)CCn3cccn3)C[C@@H]1NC2=O. The van der Waals surface area contributed by atoms with Crippen LogP contribution in [-0.2, 0) is 22.7 Å². The largest absolute Gasteiger partial charge is 0.493 e. The Kier molecular flexibility index (Phi) is 8.04. The number of methoxy groups -OCH3 is 2. The second kappa shape index (κ2) is 12.0. The first-order valence-electron chi connectivity index (χ1n) is 12.9. The molecule has 0 radical (unpaired) electrons. The van der Waals surface area contributed by atoms with Gasteiger partial charge in [-0.2, -0.15) is 5.10 Å². The summed E-state index contributed by atoms with van der Waals surface area (Å²) in [5, 5.41) is 9.98. The molecule has 6 rings (SSSR count). The fourth-order valence-electron chi connectivity index (χ4n) is 4.70. The van der Waals surface area contributed by atoms with Crippen molar-refractivity contribution >= 4 is 17.7 Å². The molecule has 1 fully saturated rings. The van der Waals surface area contributed by atoms with Crippen LogP contribution in [0.2, 0.25) is 0 Å². The summed E-state index contributed by atoms with van der Waals surface area (Å²) in [7, 11) is 3.01. The number of nitrogens with one attached hydrogen (secondary N) is 2. The van der Waals surface area contributed by atoms with Crippen LogP contribution in [0.3, 0.4) is 0 Å². The number of carbonyl (C=O) groups is 3. The van der Waals surface area contributed by atoms with E-state index in [0.29, 0.717) is 29.4 Å². The van der Waals surface area contributed by atoms with Gasteiger partial charge in [-0.3, -0.25) is 19.1 Å². The number of nitrogens with zero attached hydrogens (tertiary/aromatic N) is 3. The van der Waals surface area contributed by atoms with E-state index in [1.54, 1.807) is 52.3 Å². The molecule has 3 aliphatic heterocycles. The number of carbonyl (C=O) groups excluding carboxylic acids is 3. The third-order valence-electron chi connectivity index (χ3n) is 6.83. The van der Waals surface area contributed by atoms with Gasteiger partial charge < -0.3 is 34.5 Å². The Morgan fingerprint density at radius 1 is 1.07 bits per heavy atom. The molecule has 0 spiro atoms. The first kappa shape index (κ1) is 26.9. The van der Waals surface area contributed by atoms with Gasteiger partial charge >= 0.3 is 0 Å². The van der Waals surface area contributed by atoms with Gasteiger partial charge in [0, 0.05) is 44.0 Å². The van der Waals surface area contributed by atoms with Crippen molar-refractivity contribution in [2.45, 2.75) is 31.7 Å². The van der Waals surface area contributed by atoms with E-state index in [2.05, 4.69) is 15.7 Å². The number of hydrogen-bond acceptors (Lipinski definition) is 8. The molecule has 4 heterocycles. The van der Waals surface area contributed by atoms with Gasteiger partial charge in [0.05, 0.1) is 26.8 Å². The monoisotopic (exact) mass is 549 g/mol. The van der Waals surface area contributed by atoms with Crippen molar-refractivity contribution in [2.75, 3.05) is 33.9 Å². The number of hydrogen-bond donors (Lipinski definition) is 2. The fourth-order valence-corrected chi connectivity index (χ4v) is 4.70. The molecule has 0 unspecified atom stereocenters. The number of benzene rings is 2. The van der Waals surface area contributed by atoms with Crippen LogP contribution in [0.25, 0.3) is 0 Å². The average Bonchev–Trinajstić information content (AvgIpc) is 3.64. The highest BCUT2D eigenvalue weighted by molar-refractivity contribution is 5.95. The van der Waals surface area contributed by atoms with Crippen LogP contribution >= 0.6 is 0 Å². The molecule has 0 saturated carbocycles. The van der Waals surface area contributed by atoms with Crippen molar-refractivity contribution in [3.8, 4) is 23.0 Å². The average molecular weight is 550 g/mol. The van der Waals surface area contributed by atoms with Crippen LogP contribution in [-0.4, -0.2) is 78.5 Å². The standard InChI is InChI=1S/C28H31N5O7/c1-37-21-7-5-19-13-24(21)39-17-26(34)29-14-18-4-6-22(23(12-18)38-2)40-25-16-32(15-20(25)31-28(19)36)27(35)8-11-33-10-3-9-30-33/h3-7,9-10,12-13,20,25H,8,11,14-17H2,1-2H3,(H,29,34)(H,31,36)/t20-,25-/m0/s1. The molecule has 0 aliphatic carbocycles. The van der Waals surface area contributed by atoms with Gasteiger partial charge in [0.25, 0.3) is 11.8 Å². The maximum Gasteiger partial charge on any atom is 0.258 e. The van der Waals surface area contributed by atoms with E-state index < -0.39 is 12.1 Å². The summed E-state index contributed by atoms with van der Waals surface area (Å²) in [6.07, 6.45) is 3.19. The highest BCUT2D eigenvalue weighted by atomic mass is 16.5. The normalized spacial score (nSPS) is 19.0. The summed E-state index contributed by atoms with van der Waals surface area (Å²) in [4.78, 5) is 40.6. The molecule has 210 valence electrons. The molecular formula is C28H31N5O7. The molecule has 1 saturated heterocycles. The van der Waals surface area contributed by atoms with Crippen molar-refractivity contribution in [1.29, 1.82) is 0 Å². The zero-order valence-electron chi connectivity index (χ0n) is 22.3. The molecule has 1 aromatic heterocycles. The second-order valence-electron chi connectivity index (χ2n) is 9.47. The first-order valence-corrected chi connectivity index (χ1v) is 12.9. The van der Waals surface area contributed by atoms with Crippen LogP contribution in [0.4, 0.5) is 0 Å². The van der Waals surface area contributed by atoms with Gasteiger partial charge in [-0.1, -0.05) is 6.07 Å². The fraction of sp³-hybridized carbons (Fsp3) is 0.357. The Morgan fingerprint density at radius 3 is 2.70 bits per heavy atom. The minimum absolute atomic E-state index is 0.0684. The molecule has 4 bridgehead atoms. The van der Waals surface area contributed by atoms with E-state index in [9.17, 15) is 14.4 Å². The number of aromatic nitrogens is 2. The smallest absolute Gasteiger partial charge is 0.258 e. The van der Waals surface area contributed by atoms with E-state index >= 15 is 0 Å². The van der Waals surface area contributed by atoms with Crippen LogP contribution < -0.4 is 29.6 Å². The van der Waals surface area contributed by atoms with Crippen molar-refractivity contribution in [2.24, 2.45) is 0 Å². The Morgan fingerprint density at radius 2 is 1.93 bits per heavy atom. The maximum absolute atomic E-state index is 13.4. The summed E-state index contributed by atoms with van der Waals surface area (Å²) in [5.41, 5.74) is 1.11. The predicted molar refractivity (Wildman–Crippen MR) is 142 cm³/mol. The number of ether oxygens (including phenoxy) is 4. The topological polar surface area (TPSA) is 133 Å². The maximum atomic E-state index is 13.4. The van der Waals surface area contributed by atoms with Gasteiger partial charge in [0.15, 0.2) is 29.6 Å².